The summed E-state index contributed by atoms with van der Waals surface area (Å²) in [6.07, 6.45) is 4.74. The zero-order valence-corrected chi connectivity index (χ0v) is 12.5. The van der Waals surface area contributed by atoms with Gasteiger partial charge in [-0.3, -0.25) is 4.79 Å². The molecule has 4 heteroatoms. The van der Waals surface area contributed by atoms with Gasteiger partial charge in [-0.2, -0.15) is 5.26 Å². The van der Waals surface area contributed by atoms with Crippen LogP contribution in [0.15, 0.2) is 36.0 Å². The third-order valence-electron chi connectivity index (χ3n) is 3.64. The normalized spacial score (nSPS) is 16.0. The molecule has 1 atom stereocenters. The highest BCUT2D eigenvalue weighted by atomic mass is 16.1. The number of nitriles is 1. The molecule has 0 aromatic heterocycles. The van der Waals surface area contributed by atoms with Crippen molar-refractivity contribution in [1.29, 1.82) is 5.26 Å². The highest BCUT2D eigenvalue weighted by molar-refractivity contribution is 5.97. The molecular weight excluding hydrogens is 262 g/mol. The molecule has 1 aliphatic carbocycles. The standard InChI is InChI=1S/C17H21N3O/c1-3-13-4-6-14(7-5-13)12(2)20-17(21)15(10-18)11-19-16-8-9-16/h4-7,11-12,16,19H,3,8-9H2,1-2H3,(H,20,21)/b15-11-. The Labute approximate surface area is 125 Å². The second kappa shape index (κ2) is 6.94. The Hall–Kier alpha value is -2.28. The highest BCUT2D eigenvalue weighted by Gasteiger charge is 2.20. The van der Waals surface area contributed by atoms with Crippen LogP contribution in [0.25, 0.3) is 0 Å². The summed E-state index contributed by atoms with van der Waals surface area (Å²) in [7, 11) is 0. The molecule has 2 rings (SSSR count). The minimum atomic E-state index is -0.335. The van der Waals surface area contributed by atoms with Crippen LogP contribution in [0.4, 0.5) is 0 Å². The SMILES string of the molecule is CCc1ccc(C(C)NC(=O)/C(C#N)=C\NC2CC2)cc1. The van der Waals surface area contributed by atoms with Gasteiger partial charge < -0.3 is 10.6 Å². The van der Waals surface area contributed by atoms with Gasteiger partial charge in [0.1, 0.15) is 11.6 Å². The van der Waals surface area contributed by atoms with Crippen molar-refractivity contribution in [2.45, 2.75) is 45.2 Å². The fourth-order valence-electron chi connectivity index (χ4n) is 2.00. The number of benzene rings is 1. The summed E-state index contributed by atoms with van der Waals surface area (Å²) in [6.45, 7) is 4.03. The Morgan fingerprint density at radius 1 is 1.43 bits per heavy atom. The number of nitrogens with zero attached hydrogens (tertiary/aromatic N) is 1. The van der Waals surface area contributed by atoms with Gasteiger partial charge >= 0.3 is 0 Å². The summed E-state index contributed by atoms with van der Waals surface area (Å²) in [4.78, 5) is 12.1. The average molecular weight is 283 g/mol. The molecule has 4 nitrogen and oxygen atoms in total. The lowest BCUT2D eigenvalue weighted by Gasteiger charge is -2.14. The fraction of sp³-hybridized carbons (Fsp3) is 0.412. The van der Waals surface area contributed by atoms with Crippen LogP contribution >= 0.6 is 0 Å². The Morgan fingerprint density at radius 2 is 2.10 bits per heavy atom. The molecule has 1 unspecified atom stereocenters. The summed E-state index contributed by atoms with van der Waals surface area (Å²) in [5.41, 5.74) is 2.43. The van der Waals surface area contributed by atoms with Crippen molar-refractivity contribution in [3.8, 4) is 6.07 Å². The van der Waals surface area contributed by atoms with Gasteiger partial charge in [0.15, 0.2) is 0 Å². The molecule has 110 valence electrons. The molecule has 0 bridgehead atoms. The zero-order valence-electron chi connectivity index (χ0n) is 12.5. The van der Waals surface area contributed by atoms with E-state index in [9.17, 15) is 4.79 Å². The van der Waals surface area contributed by atoms with Crippen molar-refractivity contribution >= 4 is 5.91 Å². The first kappa shape index (κ1) is 15.1. The van der Waals surface area contributed by atoms with Gasteiger partial charge in [0.05, 0.1) is 6.04 Å². The number of rotatable bonds is 6. The molecule has 0 saturated heterocycles. The molecule has 1 aromatic carbocycles. The number of carbonyl (C=O) groups excluding carboxylic acids is 1. The molecule has 0 radical (unpaired) electrons. The van der Waals surface area contributed by atoms with Crippen LogP contribution in [-0.4, -0.2) is 11.9 Å². The van der Waals surface area contributed by atoms with E-state index in [1.807, 2.05) is 25.1 Å². The molecular formula is C17H21N3O. The molecule has 0 aliphatic heterocycles. The predicted molar refractivity (Wildman–Crippen MR) is 82.2 cm³/mol. The van der Waals surface area contributed by atoms with Gasteiger partial charge in [-0.05, 0) is 37.3 Å². The first-order chi connectivity index (χ1) is 10.1. The third kappa shape index (κ3) is 4.35. The number of nitrogens with one attached hydrogen (secondary N) is 2. The molecule has 2 N–H and O–H groups in total. The smallest absolute Gasteiger partial charge is 0.263 e. The molecule has 1 saturated carbocycles. The molecule has 1 amide bonds. The first-order valence-corrected chi connectivity index (χ1v) is 7.40. The van der Waals surface area contributed by atoms with Crippen LogP contribution in [0.1, 0.15) is 43.9 Å². The maximum Gasteiger partial charge on any atom is 0.263 e. The van der Waals surface area contributed by atoms with E-state index in [0.29, 0.717) is 6.04 Å². The molecule has 21 heavy (non-hydrogen) atoms. The number of carbonyl (C=O) groups is 1. The van der Waals surface area contributed by atoms with Gasteiger partial charge in [0, 0.05) is 12.2 Å². The van der Waals surface area contributed by atoms with E-state index in [2.05, 4.69) is 29.7 Å². The van der Waals surface area contributed by atoms with Gasteiger partial charge in [0.2, 0.25) is 0 Å². The van der Waals surface area contributed by atoms with E-state index in [0.717, 1.165) is 24.8 Å². The van der Waals surface area contributed by atoms with E-state index >= 15 is 0 Å². The second-order valence-electron chi connectivity index (χ2n) is 5.40. The first-order valence-electron chi connectivity index (χ1n) is 7.40. The maximum atomic E-state index is 12.1. The fourth-order valence-corrected chi connectivity index (χ4v) is 2.00. The van der Waals surface area contributed by atoms with E-state index in [4.69, 9.17) is 5.26 Å². The van der Waals surface area contributed by atoms with E-state index < -0.39 is 0 Å². The van der Waals surface area contributed by atoms with E-state index in [1.54, 1.807) is 0 Å². The molecule has 1 aromatic rings. The van der Waals surface area contributed by atoms with Crippen molar-refractivity contribution in [3.63, 3.8) is 0 Å². The lowest BCUT2D eigenvalue weighted by molar-refractivity contribution is -0.117. The summed E-state index contributed by atoms with van der Waals surface area (Å²) in [5, 5.41) is 15.0. The van der Waals surface area contributed by atoms with Crippen LogP contribution < -0.4 is 10.6 Å². The summed E-state index contributed by atoms with van der Waals surface area (Å²) < 4.78 is 0. The number of hydrogen-bond acceptors (Lipinski definition) is 3. The highest BCUT2D eigenvalue weighted by Crippen LogP contribution is 2.19. The van der Waals surface area contributed by atoms with Gasteiger partial charge in [-0.25, -0.2) is 0 Å². The molecule has 1 fully saturated rings. The van der Waals surface area contributed by atoms with Crippen molar-refractivity contribution in [3.05, 3.63) is 47.2 Å². The lowest BCUT2D eigenvalue weighted by atomic mass is 10.0. The Morgan fingerprint density at radius 3 is 2.62 bits per heavy atom. The molecule has 0 heterocycles. The minimum Gasteiger partial charge on any atom is -0.387 e. The van der Waals surface area contributed by atoms with Crippen LogP contribution in [-0.2, 0) is 11.2 Å². The quantitative estimate of drug-likeness (QED) is 0.623. The number of hydrogen-bond donors (Lipinski definition) is 2. The Kier molecular flexibility index (Phi) is 4.99. The monoisotopic (exact) mass is 283 g/mol. The van der Waals surface area contributed by atoms with Gasteiger partial charge in [0.25, 0.3) is 5.91 Å². The van der Waals surface area contributed by atoms with Crippen molar-refractivity contribution in [2.24, 2.45) is 0 Å². The Bertz CT molecular complexity index is 565. The molecule has 0 spiro atoms. The lowest BCUT2D eigenvalue weighted by Crippen LogP contribution is -2.28. The van der Waals surface area contributed by atoms with Crippen LogP contribution in [0.3, 0.4) is 0 Å². The third-order valence-corrected chi connectivity index (χ3v) is 3.64. The minimum absolute atomic E-state index is 0.124. The van der Waals surface area contributed by atoms with Crippen molar-refractivity contribution in [2.75, 3.05) is 0 Å². The van der Waals surface area contributed by atoms with Crippen molar-refractivity contribution in [1.82, 2.24) is 10.6 Å². The summed E-state index contributed by atoms with van der Waals surface area (Å²) >= 11 is 0. The Balaban J connectivity index is 1.96. The predicted octanol–water partition coefficient (Wildman–Crippen LogP) is 2.59. The topological polar surface area (TPSA) is 64.9 Å². The van der Waals surface area contributed by atoms with Gasteiger partial charge in [-0.1, -0.05) is 31.2 Å². The van der Waals surface area contributed by atoms with E-state index in [-0.39, 0.29) is 17.5 Å². The second-order valence-corrected chi connectivity index (χ2v) is 5.40. The van der Waals surface area contributed by atoms with Crippen molar-refractivity contribution < 1.29 is 4.79 Å². The largest absolute Gasteiger partial charge is 0.387 e. The number of aryl methyl sites for hydroxylation is 1. The summed E-state index contributed by atoms with van der Waals surface area (Å²) in [5.74, 6) is -0.335. The van der Waals surface area contributed by atoms with E-state index in [1.165, 1.54) is 11.8 Å². The number of amides is 1. The zero-order chi connectivity index (χ0) is 15.2. The van der Waals surface area contributed by atoms with Crippen LogP contribution in [0, 0.1) is 11.3 Å². The van der Waals surface area contributed by atoms with Crippen LogP contribution in [0.5, 0.6) is 0 Å². The summed E-state index contributed by atoms with van der Waals surface area (Å²) in [6, 6.07) is 10.4. The average Bonchev–Trinajstić information content (AvgIpc) is 3.32. The maximum absolute atomic E-state index is 12.1. The molecule has 1 aliphatic rings. The van der Waals surface area contributed by atoms with Crippen LogP contribution in [0.2, 0.25) is 0 Å². The van der Waals surface area contributed by atoms with Gasteiger partial charge in [-0.15, -0.1) is 0 Å².